The second-order valence-electron chi connectivity index (χ2n) is 4.30. The van der Waals surface area contributed by atoms with E-state index in [0.717, 1.165) is 31.5 Å². The van der Waals surface area contributed by atoms with Gasteiger partial charge in [0.2, 0.25) is 0 Å². The van der Waals surface area contributed by atoms with Crippen LogP contribution in [-0.2, 0) is 11.3 Å². The lowest BCUT2D eigenvalue weighted by molar-refractivity contribution is 0.00211. The number of likely N-dealkylation sites (tertiary alicyclic amines) is 1. The van der Waals surface area contributed by atoms with Crippen molar-refractivity contribution >= 4 is 11.6 Å². The number of ether oxygens (including phenoxy) is 1. The smallest absolute Gasteiger partial charge is 0.129 e. The Labute approximate surface area is 101 Å². The highest BCUT2D eigenvalue weighted by molar-refractivity contribution is 6.29. The summed E-state index contributed by atoms with van der Waals surface area (Å²) in [7, 11) is 2.15. The zero-order valence-electron chi connectivity index (χ0n) is 9.53. The molecule has 2 rings (SSSR count). The maximum atomic E-state index is 5.86. The van der Waals surface area contributed by atoms with Crippen LogP contribution in [0.1, 0.15) is 18.4 Å². The largest absolute Gasteiger partial charge is 0.373 e. The van der Waals surface area contributed by atoms with E-state index in [0.29, 0.717) is 17.9 Å². The van der Waals surface area contributed by atoms with Crippen LogP contribution in [0.5, 0.6) is 0 Å². The molecule has 0 aliphatic carbocycles. The van der Waals surface area contributed by atoms with Crippen molar-refractivity contribution in [3.63, 3.8) is 0 Å². The average Bonchev–Trinajstić information content (AvgIpc) is 2.28. The normalized spacial score (nSPS) is 18.9. The molecule has 0 unspecified atom stereocenters. The van der Waals surface area contributed by atoms with E-state index < -0.39 is 0 Å². The molecule has 0 spiro atoms. The fourth-order valence-electron chi connectivity index (χ4n) is 1.90. The van der Waals surface area contributed by atoms with Crippen molar-refractivity contribution in [2.75, 3.05) is 20.1 Å². The molecular weight excluding hydrogens is 224 g/mol. The summed E-state index contributed by atoms with van der Waals surface area (Å²) in [6.07, 6.45) is 4.35. The molecule has 0 atom stereocenters. The molecule has 0 radical (unpaired) electrons. The fourth-order valence-corrected chi connectivity index (χ4v) is 2.09. The van der Waals surface area contributed by atoms with Crippen molar-refractivity contribution in [3.8, 4) is 0 Å². The van der Waals surface area contributed by atoms with Crippen LogP contribution in [-0.4, -0.2) is 36.1 Å². The highest BCUT2D eigenvalue weighted by atomic mass is 35.5. The minimum Gasteiger partial charge on any atom is -0.373 e. The molecule has 1 fully saturated rings. The molecule has 1 aromatic rings. The van der Waals surface area contributed by atoms with Gasteiger partial charge in [0.1, 0.15) is 5.15 Å². The molecule has 1 aliphatic heterocycles. The zero-order valence-corrected chi connectivity index (χ0v) is 10.3. The standard InChI is InChI=1S/C12H17ClN2O/c1-15-6-3-11(4-7-15)16-9-10-2-5-14-12(13)8-10/h2,5,8,11H,3-4,6-7,9H2,1H3. The second-order valence-corrected chi connectivity index (χ2v) is 4.69. The molecule has 1 aromatic heterocycles. The van der Waals surface area contributed by atoms with Crippen LogP contribution in [0.4, 0.5) is 0 Å². The highest BCUT2D eigenvalue weighted by Gasteiger charge is 2.16. The molecular formula is C12H17ClN2O. The Hall–Kier alpha value is -0.640. The molecule has 88 valence electrons. The third-order valence-electron chi connectivity index (χ3n) is 2.94. The first-order valence-corrected chi connectivity index (χ1v) is 6.02. The predicted octanol–water partition coefficient (Wildman–Crippen LogP) is 2.35. The summed E-state index contributed by atoms with van der Waals surface area (Å²) < 4.78 is 5.86. The third-order valence-corrected chi connectivity index (χ3v) is 3.15. The Bertz CT molecular complexity index is 338. The summed E-state index contributed by atoms with van der Waals surface area (Å²) in [5, 5.41) is 0.532. The molecule has 2 heterocycles. The van der Waals surface area contributed by atoms with Gasteiger partial charge in [-0.3, -0.25) is 0 Å². The van der Waals surface area contributed by atoms with Crippen molar-refractivity contribution in [2.24, 2.45) is 0 Å². The number of pyridine rings is 1. The van der Waals surface area contributed by atoms with Gasteiger partial charge < -0.3 is 9.64 Å². The third kappa shape index (κ3) is 3.44. The average molecular weight is 241 g/mol. The zero-order chi connectivity index (χ0) is 11.4. The van der Waals surface area contributed by atoms with Crippen molar-refractivity contribution in [1.82, 2.24) is 9.88 Å². The van der Waals surface area contributed by atoms with E-state index in [2.05, 4.69) is 16.9 Å². The molecule has 0 N–H and O–H groups in total. The van der Waals surface area contributed by atoms with Gasteiger partial charge in [-0.1, -0.05) is 11.6 Å². The van der Waals surface area contributed by atoms with Crippen molar-refractivity contribution < 1.29 is 4.74 Å². The van der Waals surface area contributed by atoms with Crippen LogP contribution in [0.3, 0.4) is 0 Å². The molecule has 1 saturated heterocycles. The van der Waals surface area contributed by atoms with Crippen molar-refractivity contribution in [3.05, 3.63) is 29.0 Å². The number of rotatable bonds is 3. The Kier molecular flexibility index (Phi) is 4.16. The van der Waals surface area contributed by atoms with Crippen LogP contribution in [0.2, 0.25) is 5.15 Å². The first kappa shape index (κ1) is 11.8. The summed E-state index contributed by atoms with van der Waals surface area (Å²) in [5.41, 5.74) is 1.10. The quantitative estimate of drug-likeness (QED) is 0.759. The van der Waals surface area contributed by atoms with E-state index >= 15 is 0 Å². The Balaban J connectivity index is 1.79. The molecule has 0 aromatic carbocycles. The first-order chi connectivity index (χ1) is 7.74. The van der Waals surface area contributed by atoms with Crippen LogP contribution < -0.4 is 0 Å². The van der Waals surface area contributed by atoms with E-state index in [9.17, 15) is 0 Å². The van der Waals surface area contributed by atoms with Gasteiger partial charge in [0.15, 0.2) is 0 Å². The number of aromatic nitrogens is 1. The summed E-state index contributed by atoms with van der Waals surface area (Å²) in [6.45, 7) is 2.89. The van der Waals surface area contributed by atoms with Crippen molar-refractivity contribution in [2.45, 2.75) is 25.6 Å². The molecule has 0 bridgehead atoms. The molecule has 0 amide bonds. The van der Waals surface area contributed by atoms with Gasteiger partial charge in [0.25, 0.3) is 0 Å². The van der Waals surface area contributed by atoms with Gasteiger partial charge in [-0.05, 0) is 37.6 Å². The van der Waals surface area contributed by atoms with Gasteiger partial charge in [0, 0.05) is 19.3 Å². The number of hydrogen-bond acceptors (Lipinski definition) is 3. The lowest BCUT2D eigenvalue weighted by Crippen LogP contribution is -2.34. The number of halogens is 1. The summed E-state index contributed by atoms with van der Waals surface area (Å²) >= 11 is 5.81. The van der Waals surface area contributed by atoms with Gasteiger partial charge in [0.05, 0.1) is 12.7 Å². The second kappa shape index (κ2) is 5.62. The van der Waals surface area contributed by atoms with Crippen LogP contribution in [0, 0.1) is 0 Å². The van der Waals surface area contributed by atoms with Crippen LogP contribution in [0.25, 0.3) is 0 Å². The molecule has 3 nitrogen and oxygen atoms in total. The Morgan fingerprint density at radius 3 is 2.94 bits per heavy atom. The number of hydrogen-bond donors (Lipinski definition) is 0. The van der Waals surface area contributed by atoms with Crippen molar-refractivity contribution in [1.29, 1.82) is 0 Å². The Morgan fingerprint density at radius 1 is 1.50 bits per heavy atom. The lowest BCUT2D eigenvalue weighted by Gasteiger charge is -2.28. The number of piperidine rings is 1. The van der Waals surface area contributed by atoms with Crippen LogP contribution in [0.15, 0.2) is 18.3 Å². The van der Waals surface area contributed by atoms with Gasteiger partial charge in [-0.15, -0.1) is 0 Å². The lowest BCUT2D eigenvalue weighted by atomic mass is 10.1. The summed E-state index contributed by atoms with van der Waals surface area (Å²) in [6, 6.07) is 3.80. The van der Waals surface area contributed by atoms with E-state index in [1.165, 1.54) is 0 Å². The molecule has 4 heteroatoms. The minimum atomic E-state index is 0.392. The van der Waals surface area contributed by atoms with Gasteiger partial charge >= 0.3 is 0 Å². The van der Waals surface area contributed by atoms with Gasteiger partial charge in [-0.2, -0.15) is 0 Å². The minimum absolute atomic E-state index is 0.392. The predicted molar refractivity (Wildman–Crippen MR) is 64.6 cm³/mol. The maximum Gasteiger partial charge on any atom is 0.129 e. The van der Waals surface area contributed by atoms with E-state index in [-0.39, 0.29) is 0 Å². The molecule has 1 aliphatic rings. The fraction of sp³-hybridized carbons (Fsp3) is 0.583. The Morgan fingerprint density at radius 2 is 2.25 bits per heavy atom. The summed E-state index contributed by atoms with van der Waals surface area (Å²) in [4.78, 5) is 6.28. The van der Waals surface area contributed by atoms with Crippen LogP contribution >= 0.6 is 11.6 Å². The van der Waals surface area contributed by atoms with E-state index in [4.69, 9.17) is 16.3 Å². The SMILES string of the molecule is CN1CCC(OCc2ccnc(Cl)c2)CC1. The highest BCUT2D eigenvalue weighted by Crippen LogP contribution is 2.15. The monoisotopic (exact) mass is 240 g/mol. The maximum absolute atomic E-state index is 5.86. The number of nitrogens with zero attached hydrogens (tertiary/aromatic N) is 2. The van der Waals surface area contributed by atoms with E-state index in [1.54, 1.807) is 6.20 Å². The summed E-state index contributed by atoms with van der Waals surface area (Å²) in [5.74, 6) is 0. The molecule has 16 heavy (non-hydrogen) atoms. The topological polar surface area (TPSA) is 25.4 Å². The van der Waals surface area contributed by atoms with Gasteiger partial charge in [-0.25, -0.2) is 4.98 Å². The first-order valence-electron chi connectivity index (χ1n) is 5.64. The molecule has 0 saturated carbocycles. The van der Waals surface area contributed by atoms with E-state index in [1.807, 2.05) is 12.1 Å².